The summed E-state index contributed by atoms with van der Waals surface area (Å²) in [4.78, 5) is 24.6. The molecule has 11 heteroatoms. The van der Waals surface area contributed by atoms with E-state index in [1.54, 1.807) is 19.4 Å². The van der Waals surface area contributed by atoms with E-state index in [2.05, 4.69) is 9.97 Å². The lowest BCUT2D eigenvalue weighted by atomic mass is 9.90. The van der Waals surface area contributed by atoms with Crippen LogP contribution in [0.15, 0.2) is 12.3 Å². The minimum Gasteiger partial charge on any atom is -0.493 e. The van der Waals surface area contributed by atoms with E-state index in [-0.39, 0.29) is 48.9 Å². The van der Waals surface area contributed by atoms with Crippen LogP contribution >= 0.6 is 11.3 Å². The first kappa shape index (κ1) is 23.4. The quantitative estimate of drug-likeness (QED) is 0.510. The summed E-state index contributed by atoms with van der Waals surface area (Å²) in [6.45, 7) is 2.98. The van der Waals surface area contributed by atoms with Crippen molar-refractivity contribution in [2.45, 2.75) is 31.9 Å². The lowest BCUT2D eigenvalue weighted by molar-refractivity contribution is 0.0938. The molecule has 0 bridgehead atoms. The van der Waals surface area contributed by atoms with Crippen LogP contribution in [0.4, 0.5) is 15.8 Å². The van der Waals surface area contributed by atoms with Crippen LogP contribution in [0.2, 0.25) is 0 Å². The van der Waals surface area contributed by atoms with Crippen LogP contribution in [0.1, 0.15) is 32.9 Å². The first-order valence-electron chi connectivity index (χ1n) is 11.3. The Bertz CT molecular complexity index is 1370. The normalized spacial score (nSPS) is 21.6. The summed E-state index contributed by atoms with van der Waals surface area (Å²) in [5.74, 6) is -0.639. The van der Waals surface area contributed by atoms with E-state index >= 15 is 4.39 Å². The third-order valence-electron chi connectivity index (χ3n) is 6.62. The van der Waals surface area contributed by atoms with Crippen molar-refractivity contribution in [3.63, 3.8) is 0 Å². The molecule has 35 heavy (non-hydrogen) atoms. The first-order chi connectivity index (χ1) is 16.8. The number of nitrogens with zero attached hydrogens (tertiary/aromatic N) is 4. The number of nitrogen functional groups attached to an aromatic ring is 1. The smallest absolute Gasteiger partial charge is 0.175 e. The van der Waals surface area contributed by atoms with Crippen molar-refractivity contribution in [3.05, 3.63) is 39.8 Å². The van der Waals surface area contributed by atoms with Gasteiger partial charge in [-0.15, -0.1) is 11.3 Å². The minimum atomic E-state index is -0.614. The molecule has 0 aliphatic carbocycles. The Kier molecular flexibility index (Phi) is 6.04. The molecule has 4 N–H and O–H groups in total. The van der Waals surface area contributed by atoms with Gasteiger partial charge in [0.1, 0.15) is 33.5 Å². The van der Waals surface area contributed by atoms with Gasteiger partial charge in [0.15, 0.2) is 5.78 Å². The fourth-order valence-electron chi connectivity index (χ4n) is 4.79. The molecule has 1 saturated heterocycles. The zero-order valence-corrected chi connectivity index (χ0v) is 20.2. The largest absolute Gasteiger partial charge is 0.493 e. The molecule has 2 aliphatic heterocycles. The number of carbonyl (C=O) groups is 1. The number of aryl methyl sites for hydroxylation is 1. The molecule has 1 aromatic carbocycles. The molecule has 0 unspecified atom stereocenters. The van der Waals surface area contributed by atoms with Gasteiger partial charge in [-0.05, 0) is 13.3 Å². The number of rotatable bonds is 5. The number of ketones is 1. The van der Waals surface area contributed by atoms with Crippen LogP contribution in [0.3, 0.4) is 0 Å². The van der Waals surface area contributed by atoms with E-state index in [0.717, 1.165) is 5.69 Å². The van der Waals surface area contributed by atoms with Crippen LogP contribution in [-0.2, 0) is 11.2 Å². The average Bonchev–Trinajstić information content (AvgIpc) is 3.38. The highest BCUT2D eigenvalue weighted by atomic mass is 32.1. The van der Waals surface area contributed by atoms with Gasteiger partial charge in [0.2, 0.25) is 0 Å². The van der Waals surface area contributed by atoms with Crippen molar-refractivity contribution >= 4 is 38.8 Å². The maximum Gasteiger partial charge on any atom is 0.175 e. The number of hydrogen-bond acceptors (Lipinski definition) is 10. The van der Waals surface area contributed by atoms with Crippen molar-refractivity contribution in [2.75, 3.05) is 37.4 Å². The number of nitriles is 1. The molecule has 0 amide bonds. The first-order valence-corrected chi connectivity index (χ1v) is 12.1. The summed E-state index contributed by atoms with van der Waals surface area (Å²) in [7, 11) is 1.58. The number of anilines is 2. The maximum atomic E-state index is 15.5. The van der Waals surface area contributed by atoms with Gasteiger partial charge in [0, 0.05) is 50.4 Å². The highest BCUT2D eigenvalue weighted by Gasteiger charge is 2.35. The van der Waals surface area contributed by atoms with Crippen molar-refractivity contribution in [3.8, 4) is 11.8 Å². The number of nitrogens with two attached hydrogens (primary N) is 2. The molecule has 182 valence electrons. The predicted octanol–water partition coefficient (Wildman–Crippen LogP) is 2.58. The van der Waals surface area contributed by atoms with Crippen molar-refractivity contribution in [2.24, 2.45) is 11.7 Å². The molecule has 0 saturated carbocycles. The van der Waals surface area contributed by atoms with Gasteiger partial charge in [0.05, 0.1) is 40.7 Å². The zero-order chi connectivity index (χ0) is 24.9. The van der Waals surface area contributed by atoms with Gasteiger partial charge >= 0.3 is 0 Å². The van der Waals surface area contributed by atoms with Gasteiger partial charge in [-0.2, -0.15) is 5.26 Å². The minimum absolute atomic E-state index is 0.0513. The summed E-state index contributed by atoms with van der Waals surface area (Å²) in [5, 5.41) is 9.73. The summed E-state index contributed by atoms with van der Waals surface area (Å²) >= 11 is 1.22. The standard InChI is InChI=1S/C24H25FN6O3S/c1-11-7-29-22-21(28)23(35-24(22)30-11)17(32)4-12-3-13-18(34-10-12)5-16(14(6-26)20(13)25)31-8-15(27)19(9-31)33-2/h5,7,12,15,19H,3-4,8-10,27-28H2,1-2H3/t12-,15-,19-/m0/s1. The lowest BCUT2D eigenvalue weighted by Crippen LogP contribution is -2.34. The highest BCUT2D eigenvalue weighted by Crippen LogP contribution is 2.40. The molecule has 0 radical (unpaired) electrons. The third-order valence-corrected chi connectivity index (χ3v) is 7.75. The number of thiophene rings is 1. The Balaban J connectivity index is 1.38. The zero-order valence-electron chi connectivity index (χ0n) is 19.4. The number of aromatic nitrogens is 2. The molecular weight excluding hydrogens is 471 g/mol. The second kappa shape index (κ2) is 9.03. The van der Waals surface area contributed by atoms with Crippen molar-refractivity contribution < 1.29 is 18.7 Å². The Morgan fingerprint density at radius 1 is 1.46 bits per heavy atom. The Labute approximate surface area is 205 Å². The topological polar surface area (TPSA) is 140 Å². The number of methoxy groups -OCH3 is 1. The Hall–Kier alpha value is -3.33. The number of ether oxygens (including phenoxy) is 2. The number of benzene rings is 1. The van der Waals surface area contributed by atoms with Crippen LogP contribution < -0.4 is 21.1 Å². The Morgan fingerprint density at radius 2 is 2.26 bits per heavy atom. The summed E-state index contributed by atoms with van der Waals surface area (Å²) < 4.78 is 26.8. The number of hydrogen-bond donors (Lipinski definition) is 2. The molecule has 0 spiro atoms. The van der Waals surface area contributed by atoms with Crippen molar-refractivity contribution in [1.29, 1.82) is 5.26 Å². The summed E-state index contributed by atoms with van der Waals surface area (Å²) in [6.07, 6.45) is 1.82. The molecular formula is C24H25FN6O3S. The van der Waals surface area contributed by atoms with Gasteiger partial charge in [-0.25, -0.2) is 14.4 Å². The molecule has 3 aromatic rings. The number of Topliss-reactive ketones (excluding diaryl/α,β-unsaturated/α-hetero) is 1. The average molecular weight is 497 g/mol. The number of fused-ring (bicyclic) bond motifs is 2. The molecule has 1 fully saturated rings. The lowest BCUT2D eigenvalue weighted by Gasteiger charge is -2.28. The van der Waals surface area contributed by atoms with E-state index in [0.29, 0.717) is 51.0 Å². The fraction of sp³-hybridized carbons (Fsp3) is 0.417. The van der Waals surface area contributed by atoms with Crippen LogP contribution in [-0.4, -0.2) is 54.7 Å². The highest BCUT2D eigenvalue weighted by molar-refractivity contribution is 7.21. The number of carbonyl (C=O) groups excluding carboxylic acids is 1. The summed E-state index contributed by atoms with van der Waals surface area (Å²) in [5.41, 5.74) is 14.6. The molecule has 4 heterocycles. The summed E-state index contributed by atoms with van der Waals surface area (Å²) in [6, 6.07) is 3.46. The fourth-order valence-corrected chi connectivity index (χ4v) is 5.84. The van der Waals surface area contributed by atoms with Crippen LogP contribution in [0, 0.1) is 30.0 Å². The molecule has 2 aliphatic rings. The van der Waals surface area contributed by atoms with Crippen molar-refractivity contribution in [1.82, 2.24) is 9.97 Å². The van der Waals surface area contributed by atoms with E-state index in [9.17, 15) is 10.1 Å². The van der Waals surface area contributed by atoms with Gasteiger partial charge in [0.25, 0.3) is 0 Å². The van der Waals surface area contributed by atoms with Gasteiger partial charge in [-0.3, -0.25) is 4.79 Å². The molecule has 2 aromatic heterocycles. The van der Waals surface area contributed by atoms with Gasteiger partial charge in [-0.1, -0.05) is 0 Å². The molecule has 3 atom stereocenters. The maximum absolute atomic E-state index is 15.5. The van der Waals surface area contributed by atoms with Gasteiger partial charge < -0.3 is 25.8 Å². The van der Waals surface area contributed by atoms with E-state index in [4.69, 9.17) is 20.9 Å². The SMILES string of the molecule is CO[C@H]1CN(c2cc3c(c(F)c2C#N)C[C@@H](CC(=O)c2sc4nc(C)cnc4c2N)CO3)C[C@@H]1N. The monoisotopic (exact) mass is 496 g/mol. The predicted molar refractivity (Wildman–Crippen MR) is 130 cm³/mol. The van der Waals surface area contributed by atoms with E-state index < -0.39 is 5.82 Å². The second-order valence-corrected chi connectivity index (χ2v) is 10.0. The Morgan fingerprint density at radius 3 is 2.97 bits per heavy atom. The van der Waals surface area contributed by atoms with Crippen LogP contribution in [0.5, 0.6) is 5.75 Å². The number of halogens is 1. The molecule has 5 rings (SSSR count). The van der Waals surface area contributed by atoms with E-state index in [1.165, 1.54) is 11.3 Å². The van der Waals surface area contributed by atoms with E-state index in [1.807, 2.05) is 17.9 Å². The third kappa shape index (κ3) is 4.07. The second-order valence-electron chi connectivity index (χ2n) is 9.03. The molecule has 9 nitrogen and oxygen atoms in total. The van der Waals surface area contributed by atoms with Crippen LogP contribution in [0.25, 0.3) is 10.3 Å².